The average molecular weight is 486 g/mol. The second-order valence-corrected chi connectivity index (χ2v) is 9.27. The van der Waals surface area contributed by atoms with Crippen molar-refractivity contribution in [2.45, 2.75) is 39.5 Å². The van der Waals surface area contributed by atoms with E-state index >= 15 is 0 Å². The van der Waals surface area contributed by atoms with E-state index in [0.29, 0.717) is 21.9 Å². The van der Waals surface area contributed by atoms with E-state index in [4.69, 9.17) is 10.5 Å². The summed E-state index contributed by atoms with van der Waals surface area (Å²) in [5.41, 5.74) is 8.86. The molecule has 0 bridgehead atoms. The molecule has 2 heterocycles. The molecule has 0 saturated carbocycles. The number of halogens is 1. The maximum atomic E-state index is 12.8. The third-order valence-corrected chi connectivity index (χ3v) is 6.48. The van der Waals surface area contributed by atoms with Crippen molar-refractivity contribution in [2.24, 2.45) is 5.73 Å². The lowest BCUT2D eigenvalue weighted by molar-refractivity contribution is 0.0999. The van der Waals surface area contributed by atoms with Crippen molar-refractivity contribution in [3.05, 3.63) is 81.7 Å². The van der Waals surface area contributed by atoms with Crippen LogP contribution in [-0.2, 0) is 19.5 Å². The Morgan fingerprint density at radius 1 is 1.12 bits per heavy atom. The summed E-state index contributed by atoms with van der Waals surface area (Å²) in [5.74, 6) is -0.0715. The van der Waals surface area contributed by atoms with Gasteiger partial charge in [-0.1, -0.05) is 30.3 Å². The van der Waals surface area contributed by atoms with Crippen LogP contribution >= 0.6 is 23.7 Å². The van der Waals surface area contributed by atoms with E-state index in [1.807, 2.05) is 32.0 Å². The van der Waals surface area contributed by atoms with E-state index in [2.05, 4.69) is 22.3 Å². The molecular formula is C25H28ClN3O3S. The van der Waals surface area contributed by atoms with Crippen molar-refractivity contribution in [3.8, 4) is 5.75 Å². The van der Waals surface area contributed by atoms with Gasteiger partial charge in [-0.2, -0.15) is 0 Å². The molecule has 2 aromatic carbocycles. The Hall–Kier alpha value is -2.87. The van der Waals surface area contributed by atoms with Crippen LogP contribution in [0.2, 0.25) is 0 Å². The molecule has 1 aliphatic rings. The van der Waals surface area contributed by atoms with E-state index in [1.54, 1.807) is 24.3 Å². The Morgan fingerprint density at radius 3 is 2.45 bits per heavy atom. The normalized spacial score (nSPS) is 13.2. The predicted molar refractivity (Wildman–Crippen MR) is 135 cm³/mol. The summed E-state index contributed by atoms with van der Waals surface area (Å²) in [7, 11) is 0. The van der Waals surface area contributed by atoms with E-state index in [0.717, 1.165) is 36.5 Å². The topological polar surface area (TPSA) is 84.7 Å². The zero-order valence-electron chi connectivity index (χ0n) is 18.7. The Kier molecular flexibility index (Phi) is 8.13. The van der Waals surface area contributed by atoms with Gasteiger partial charge in [0.1, 0.15) is 10.8 Å². The Bertz CT molecular complexity index is 1110. The fourth-order valence-electron chi connectivity index (χ4n) is 3.91. The zero-order chi connectivity index (χ0) is 22.7. The number of fused-ring (bicyclic) bond motifs is 1. The Labute approximate surface area is 204 Å². The number of primary amides is 1. The average Bonchev–Trinajstić information content (AvgIpc) is 3.11. The third kappa shape index (κ3) is 5.93. The summed E-state index contributed by atoms with van der Waals surface area (Å²) in [6, 6.07) is 17.3. The number of hydrogen-bond acceptors (Lipinski definition) is 5. The number of carbonyl (C=O) groups is 2. The van der Waals surface area contributed by atoms with E-state index in [1.165, 1.54) is 16.9 Å². The van der Waals surface area contributed by atoms with Crippen molar-refractivity contribution >= 4 is 40.6 Å². The fourth-order valence-corrected chi connectivity index (χ4v) is 5.20. The first-order valence-electron chi connectivity index (χ1n) is 10.7. The summed E-state index contributed by atoms with van der Waals surface area (Å²) in [6.07, 6.45) is 0.792. The van der Waals surface area contributed by atoms with Crippen LogP contribution in [0.25, 0.3) is 0 Å². The highest BCUT2D eigenvalue weighted by Gasteiger charge is 2.28. The van der Waals surface area contributed by atoms with E-state index < -0.39 is 5.91 Å². The molecule has 6 nitrogen and oxygen atoms in total. The van der Waals surface area contributed by atoms with Crippen LogP contribution in [0.5, 0.6) is 5.75 Å². The number of thiophene rings is 1. The Morgan fingerprint density at radius 2 is 1.82 bits per heavy atom. The number of nitrogens with zero attached hydrogens (tertiary/aromatic N) is 1. The molecule has 0 spiro atoms. The predicted octanol–water partition coefficient (Wildman–Crippen LogP) is 4.87. The zero-order valence-corrected chi connectivity index (χ0v) is 20.3. The second-order valence-electron chi connectivity index (χ2n) is 8.16. The number of carbonyl (C=O) groups excluding carboxylic acids is 2. The molecule has 3 N–H and O–H groups in total. The number of amides is 2. The molecule has 1 aromatic heterocycles. The van der Waals surface area contributed by atoms with Gasteiger partial charge < -0.3 is 15.8 Å². The van der Waals surface area contributed by atoms with Crippen molar-refractivity contribution in [1.29, 1.82) is 0 Å². The molecule has 33 heavy (non-hydrogen) atoms. The molecule has 174 valence electrons. The van der Waals surface area contributed by atoms with Gasteiger partial charge in [-0.3, -0.25) is 14.5 Å². The smallest absolute Gasteiger partial charge is 0.256 e. The van der Waals surface area contributed by atoms with Gasteiger partial charge in [0, 0.05) is 30.1 Å². The fraction of sp³-hybridized carbons (Fsp3) is 0.280. The van der Waals surface area contributed by atoms with Crippen LogP contribution in [0, 0.1) is 0 Å². The first-order valence-corrected chi connectivity index (χ1v) is 11.5. The lowest BCUT2D eigenvalue weighted by Gasteiger charge is -2.27. The van der Waals surface area contributed by atoms with Crippen LogP contribution in [-0.4, -0.2) is 29.4 Å². The molecule has 0 saturated heterocycles. The number of rotatable bonds is 7. The van der Waals surface area contributed by atoms with Gasteiger partial charge in [0.15, 0.2) is 0 Å². The lowest BCUT2D eigenvalue weighted by Crippen LogP contribution is -2.30. The summed E-state index contributed by atoms with van der Waals surface area (Å²) in [4.78, 5) is 28.5. The summed E-state index contributed by atoms with van der Waals surface area (Å²) in [6.45, 7) is 6.31. The largest absolute Gasteiger partial charge is 0.491 e. The van der Waals surface area contributed by atoms with Gasteiger partial charge >= 0.3 is 0 Å². The van der Waals surface area contributed by atoms with Gasteiger partial charge in [0.25, 0.3) is 11.8 Å². The number of nitrogens with one attached hydrogen (secondary N) is 1. The molecule has 0 atom stereocenters. The highest BCUT2D eigenvalue weighted by Crippen LogP contribution is 2.37. The van der Waals surface area contributed by atoms with Crippen LogP contribution in [0.4, 0.5) is 5.00 Å². The SMILES string of the molecule is CC(C)Oc1ccc(C(=O)Nc2sc3c(c2C(N)=O)CCN(Cc2ccccc2)C3)cc1.Cl. The van der Waals surface area contributed by atoms with Gasteiger partial charge in [-0.25, -0.2) is 0 Å². The minimum Gasteiger partial charge on any atom is -0.491 e. The van der Waals surface area contributed by atoms with E-state index in [9.17, 15) is 9.59 Å². The monoisotopic (exact) mass is 485 g/mol. The van der Waals surface area contributed by atoms with Crippen LogP contribution in [0.1, 0.15) is 50.6 Å². The summed E-state index contributed by atoms with van der Waals surface area (Å²) in [5, 5.41) is 3.43. The highest BCUT2D eigenvalue weighted by atomic mass is 35.5. The number of anilines is 1. The molecule has 0 unspecified atom stereocenters. The quantitative estimate of drug-likeness (QED) is 0.500. The number of hydrogen-bond donors (Lipinski definition) is 2. The molecule has 0 aliphatic carbocycles. The first-order chi connectivity index (χ1) is 15.4. The molecule has 0 fully saturated rings. The minimum absolute atomic E-state index is 0. The lowest BCUT2D eigenvalue weighted by atomic mass is 10.0. The van der Waals surface area contributed by atoms with Crippen LogP contribution < -0.4 is 15.8 Å². The second kappa shape index (κ2) is 10.8. The van der Waals surface area contributed by atoms with E-state index in [-0.39, 0.29) is 24.4 Å². The molecule has 8 heteroatoms. The van der Waals surface area contributed by atoms with Crippen LogP contribution in [0.3, 0.4) is 0 Å². The van der Waals surface area contributed by atoms with Crippen molar-refractivity contribution in [1.82, 2.24) is 4.90 Å². The molecule has 0 radical (unpaired) electrons. The number of ether oxygens (including phenoxy) is 1. The van der Waals surface area contributed by atoms with Gasteiger partial charge in [0.2, 0.25) is 0 Å². The molecule has 2 amide bonds. The van der Waals surface area contributed by atoms with Crippen molar-refractivity contribution in [2.75, 3.05) is 11.9 Å². The first kappa shape index (κ1) is 24.8. The minimum atomic E-state index is -0.505. The van der Waals surface area contributed by atoms with Crippen LogP contribution in [0.15, 0.2) is 54.6 Å². The Balaban J connectivity index is 0.00000306. The summed E-state index contributed by atoms with van der Waals surface area (Å²) < 4.78 is 5.63. The number of nitrogens with two attached hydrogens (primary N) is 1. The summed E-state index contributed by atoms with van der Waals surface area (Å²) >= 11 is 1.44. The number of benzene rings is 2. The van der Waals surface area contributed by atoms with Crippen molar-refractivity contribution < 1.29 is 14.3 Å². The van der Waals surface area contributed by atoms with Gasteiger partial charge in [-0.15, -0.1) is 23.7 Å². The molecular weight excluding hydrogens is 458 g/mol. The third-order valence-electron chi connectivity index (χ3n) is 5.35. The standard InChI is InChI=1S/C25H27N3O3S.ClH/c1-16(2)31-19-10-8-18(9-11-19)24(30)27-25-22(23(26)29)20-12-13-28(15-21(20)32-25)14-17-6-4-3-5-7-17;/h3-11,16H,12-15H2,1-2H3,(H2,26,29)(H,27,30);1H. The molecule has 4 rings (SSSR count). The molecule has 1 aliphatic heterocycles. The maximum Gasteiger partial charge on any atom is 0.256 e. The maximum absolute atomic E-state index is 12.8. The highest BCUT2D eigenvalue weighted by molar-refractivity contribution is 7.17. The van der Waals surface area contributed by atoms with Gasteiger partial charge in [0.05, 0.1) is 11.7 Å². The van der Waals surface area contributed by atoms with Crippen molar-refractivity contribution in [3.63, 3.8) is 0 Å². The molecule has 3 aromatic rings. The van der Waals surface area contributed by atoms with Gasteiger partial charge in [-0.05, 0) is 55.7 Å².